The summed E-state index contributed by atoms with van der Waals surface area (Å²) in [5.74, 6) is 0. The molecule has 0 heterocycles. The normalized spacial score (nSPS) is 17.6. The Kier molecular flexibility index (Phi) is 6.16. The Balaban J connectivity index is 2.14. The van der Waals surface area contributed by atoms with Crippen LogP contribution in [-0.4, -0.2) is 56.5 Å². The van der Waals surface area contributed by atoms with E-state index in [0.29, 0.717) is 5.54 Å². The summed E-state index contributed by atoms with van der Waals surface area (Å²) in [6.45, 7) is 2.59. The monoisotopic (exact) mass is 259 g/mol. The van der Waals surface area contributed by atoms with Crippen molar-refractivity contribution in [3.8, 4) is 0 Å². The molecule has 1 rings (SSSR count). The molecule has 0 aliphatic heterocycles. The molecule has 0 bridgehead atoms. The average Bonchev–Trinajstić information content (AvgIpc) is 2.22. The predicted octanol–water partition coefficient (Wildman–Crippen LogP) is 0.971. The Bertz CT molecular complexity index is 242. The van der Waals surface area contributed by atoms with Crippen LogP contribution in [0.2, 0.25) is 0 Å². The summed E-state index contributed by atoms with van der Waals surface area (Å²) in [5, 5.41) is 7.28. The van der Waals surface area contributed by atoms with Gasteiger partial charge in [0, 0.05) is 32.3 Å². The van der Waals surface area contributed by atoms with Crippen molar-refractivity contribution in [1.82, 2.24) is 15.5 Å². The van der Waals surface area contributed by atoms with Gasteiger partial charge in [-0.15, -0.1) is 0 Å². The van der Waals surface area contributed by atoms with Crippen LogP contribution >= 0.6 is 12.2 Å². The second-order valence-corrected chi connectivity index (χ2v) is 5.34. The first-order valence-corrected chi connectivity index (χ1v) is 6.70. The Morgan fingerprint density at radius 2 is 2.06 bits per heavy atom. The van der Waals surface area contributed by atoms with E-state index in [-0.39, 0.29) is 0 Å². The molecule has 0 aromatic rings. The van der Waals surface area contributed by atoms with E-state index in [2.05, 4.69) is 29.6 Å². The van der Waals surface area contributed by atoms with Gasteiger partial charge in [0.15, 0.2) is 5.11 Å². The minimum atomic E-state index is 0.318. The van der Waals surface area contributed by atoms with E-state index in [0.717, 1.165) is 31.2 Å². The zero-order valence-electron chi connectivity index (χ0n) is 11.2. The van der Waals surface area contributed by atoms with Crippen molar-refractivity contribution < 1.29 is 4.74 Å². The van der Waals surface area contributed by atoms with Crippen LogP contribution in [0.5, 0.6) is 0 Å². The van der Waals surface area contributed by atoms with E-state index in [9.17, 15) is 0 Å². The molecule has 0 radical (unpaired) electrons. The highest BCUT2D eigenvalue weighted by molar-refractivity contribution is 7.80. The smallest absolute Gasteiger partial charge is 0.166 e. The molecule has 1 fully saturated rings. The Morgan fingerprint density at radius 3 is 2.53 bits per heavy atom. The van der Waals surface area contributed by atoms with E-state index >= 15 is 0 Å². The van der Waals surface area contributed by atoms with E-state index in [1.165, 1.54) is 19.3 Å². The van der Waals surface area contributed by atoms with Gasteiger partial charge in [-0.2, -0.15) is 0 Å². The minimum absolute atomic E-state index is 0.318. The molecule has 1 aliphatic rings. The molecule has 1 saturated carbocycles. The van der Waals surface area contributed by atoms with Crippen LogP contribution in [0, 0.1) is 0 Å². The van der Waals surface area contributed by atoms with Crippen molar-refractivity contribution in [1.29, 1.82) is 0 Å². The third-order valence-corrected chi connectivity index (χ3v) is 3.91. The van der Waals surface area contributed by atoms with E-state index < -0.39 is 0 Å². The molecule has 0 aromatic carbocycles. The maximum Gasteiger partial charge on any atom is 0.166 e. The zero-order valence-corrected chi connectivity index (χ0v) is 12.0. The summed E-state index contributed by atoms with van der Waals surface area (Å²) in [6.07, 6.45) is 4.84. The third kappa shape index (κ3) is 4.41. The van der Waals surface area contributed by atoms with E-state index in [1.54, 1.807) is 7.11 Å². The van der Waals surface area contributed by atoms with E-state index in [1.807, 2.05) is 0 Å². The van der Waals surface area contributed by atoms with Crippen LogP contribution in [0.15, 0.2) is 0 Å². The molecule has 0 spiro atoms. The average molecular weight is 259 g/mol. The number of rotatable bonds is 7. The van der Waals surface area contributed by atoms with Crippen molar-refractivity contribution >= 4 is 17.3 Å². The third-order valence-electron chi connectivity index (χ3n) is 3.62. The topological polar surface area (TPSA) is 36.5 Å². The quantitative estimate of drug-likeness (QED) is 0.526. The lowest BCUT2D eigenvalue weighted by Crippen LogP contribution is -2.58. The van der Waals surface area contributed by atoms with Gasteiger partial charge in [0.2, 0.25) is 0 Å². The number of likely N-dealkylation sites (N-methyl/N-ethyl adjacent to an activating group) is 1. The van der Waals surface area contributed by atoms with Gasteiger partial charge in [0.25, 0.3) is 0 Å². The number of nitrogens with zero attached hydrogens (tertiary/aromatic N) is 1. The summed E-state index contributed by atoms with van der Waals surface area (Å²) in [6, 6.07) is 0. The molecule has 4 nitrogen and oxygen atoms in total. The van der Waals surface area contributed by atoms with Crippen molar-refractivity contribution in [3.63, 3.8) is 0 Å². The van der Waals surface area contributed by atoms with Gasteiger partial charge in [-0.1, -0.05) is 0 Å². The first-order valence-electron chi connectivity index (χ1n) is 6.29. The number of thiocarbonyl (C=S) groups is 1. The molecule has 0 amide bonds. The molecule has 0 atom stereocenters. The molecular weight excluding hydrogens is 234 g/mol. The largest absolute Gasteiger partial charge is 0.385 e. The molecule has 0 saturated heterocycles. The number of nitrogens with one attached hydrogen (secondary N) is 2. The molecular formula is C12H25N3OS. The fourth-order valence-electron chi connectivity index (χ4n) is 2.09. The summed E-state index contributed by atoms with van der Waals surface area (Å²) < 4.78 is 4.99. The van der Waals surface area contributed by atoms with E-state index in [4.69, 9.17) is 17.0 Å². The van der Waals surface area contributed by atoms with Crippen LogP contribution in [0.1, 0.15) is 25.7 Å². The lowest BCUT2D eigenvalue weighted by atomic mass is 9.75. The first-order chi connectivity index (χ1) is 8.10. The fourth-order valence-corrected chi connectivity index (χ4v) is 2.27. The van der Waals surface area contributed by atoms with Gasteiger partial charge < -0.3 is 20.3 Å². The van der Waals surface area contributed by atoms with Gasteiger partial charge in [-0.05, 0) is 52.0 Å². The SMILES string of the molecule is COCCCNC(=S)NCC1(N(C)C)CCC1. The second-order valence-electron chi connectivity index (χ2n) is 4.93. The van der Waals surface area contributed by atoms with Gasteiger partial charge in [-0.3, -0.25) is 0 Å². The number of ether oxygens (including phenoxy) is 1. The van der Waals surface area contributed by atoms with Crippen LogP contribution in [-0.2, 0) is 4.74 Å². The van der Waals surface area contributed by atoms with Crippen LogP contribution in [0.25, 0.3) is 0 Å². The number of hydrogen-bond donors (Lipinski definition) is 2. The molecule has 0 unspecified atom stereocenters. The number of methoxy groups -OCH3 is 1. The zero-order chi connectivity index (χ0) is 12.7. The van der Waals surface area contributed by atoms with Crippen molar-refractivity contribution in [3.05, 3.63) is 0 Å². The summed E-state index contributed by atoms with van der Waals surface area (Å²) in [5.41, 5.74) is 0.318. The highest BCUT2D eigenvalue weighted by atomic mass is 32.1. The second kappa shape index (κ2) is 7.13. The maximum atomic E-state index is 5.25. The highest BCUT2D eigenvalue weighted by Gasteiger charge is 2.38. The first kappa shape index (κ1) is 14.7. The Morgan fingerprint density at radius 1 is 1.35 bits per heavy atom. The van der Waals surface area contributed by atoms with Gasteiger partial charge in [0.1, 0.15) is 0 Å². The Labute approximate surface area is 110 Å². The lowest BCUT2D eigenvalue weighted by Gasteiger charge is -2.47. The highest BCUT2D eigenvalue weighted by Crippen LogP contribution is 2.35. The number of hydrogen-bond acceptors (Lipinski definition) is 3. The fraction of sp³-hybridized carbons (Fsp3) is 0.917. The molecule has 0 aromatic heterocycles. The van der Waals surface area contributed by atoms with Crippen LogP contribution < -0.4 is 10.6 Å². The van der Waals surface area contributed by atoms with Crippen LogP contribution in [0.3, 0.4) is 0 Å². The molecule has 2 N–H and O–H groups in total. The maximum absolute atomic E-state index is 5.25. The van der Waals surface area contributed by atoms with Crippen molar-refractivity contribution in [2.24, 2.45) is 0 Å². The standard InChI is InChI=1S/C12H25N3OS/c1-15(2)12(6-4-7-12)10-14-11(17)13-8-5-9-16-3/h4-10H2,1-3H3,(H2,13,14,17). The summed E-state index contributed by atoms with van der Waals surface area (Å²) in [7, 11) is 6.01. The molecule has 100 valence electrons. The van der Waals surface area contributed by atoms with Crippen molar-refractivity contribution in [2.45, 2.75) is 31.2 Å². The molecule has 17 heavy (non-hydrogen) atoms. The minimum Gasteiger partial charge on any atom is -0.385 e. The lowest BCUT2D eigenvalue weighted by molar-refractivity contribution is 0.0648. The Hall–Kier alpha value is -0.390. The predicted molar refractivity (Wildman–Crippen MR) is 75.4 cm³/mol. The van der Waals surface area contributed by atoms with Crippen molar-refractivity contribution in [2.75, 3.05) is 40.9 Å². The van der Waals surface area contributed by atoms with Crippen LogP contribution in [0.4, 0.5) is 0 Å². The van der Waals surface area contributed by atoms with Gasteiger partial charge in [-0.25, -0.2) is 0 Å². The van der Waals surface area contributed by atoms with Gasteiger partial charge >= 0.3 is 0 Å². The summed E-state index contributed by atoms with van der Waals surface area (Å²) >= 11 is 5.25. The van der Waals surface area contributed by atoms with Gasteiger partial charge in [0.05, 0.1) is 0 Å². The molecule has 5 heteroatoms. The molecule has 1 aliphatic carbocycles. The summed E-state index contributed by atoms with van der Waals surface area (Å²) in [4.78, 5) is 2.32.